The summed E-state index contributed by atoms with van der Waals surface area (Å²) < 4.78 is 5.21. The number of carbonyl (C=O) groups is 2. The monoisotopic (exact) mass is 384 g/mol. The lowest BCUT2D eigenvalue weighted by atomic mass is 10.0. The van der Waals surface area contributed by atoms with E-state index in [9.17, 15) is 9.59 Å². The Labute approximate surface area is 163 Å². The summed E-state index contributed by atoms with van der Waals surface area (Å²) in [4.78, 5) is 24.5. The summed E-state index contributed by atoms with van der Waals surface area (Å²) in [5.74, 6) is 1.62. The summed E-state index contributed by atoms with van der Waals surface area (Å²) in [5, 5.41) is 5.92. The lowest BCUT2D eigenvalue weighted by molar-refractivity contribution is -0.119. The van der Waals surface area contributed by atoms with E-state index in [1.807, 2.05) is 48.5 Å². The fourth-order valence-corrected chi connectivity index (χ4v) is 3.63. The molecule has 2 amide bonds. The van der Waals surface area contributed by atoms with Crippen LogP contribution >= 0.6 is 11.8 Å². The van der Waals surface area contributed by atoms with Crippen molar-refractivity contribution in [1.82, 2.24) is 5.32 Å². The molecule has 1 atom stereocenters. The highest BCUT2D eigenvalue weighted by Crippen LogP contribution is 2.41. The fourth-order valence-electron chi connectivity index (χ4n) is 2.92. The van der Waals surface area contributed by atoms with E-state index in [4.69, 9.17) is 4.74 Å². The Morgan fingerprint density at radius 2 is 1.78 bits per heavy atom. The first-order valence-corrected chi connectivity index (χ1v) is 9.97. The minimum Gasteiger partial charge on any atom is -0.497 e. The number of carbonyl (C=O) groups excluding carboxylic acids is 2. The molecule has 142 valence electrons. The summed E-state index contributed by atoms with van der Waals surface area (Å²) in [7, 11) is 1.65. The maximum absolute atomic E-state index is 12.5. The molecule has 2 aromatic carbocycles. The zero-order valence-corrected chi connectivity index (χ0v) is 16.3. The number of nitrogens with one attached hydrogen (secondary N) is 2. The minimum atomic E-state index is -0.0977. The highest BCUT2D eigenvalue weighted by Gasteiger charge is 2.33. The molecule has 0 aromatic heterocycles. The van der Waals surface area contributed by atoms with Crippen LogP contribution in [-0.4, -0.2) is 24.7 Å². The van der Waals surface area contributed by atoms with Gasteiger partial charge in [0.2, 0.25) is 11.8 Å². The Hall–Kier alpha value is -2.47. The lowest BCUT2D eigenvalue weighted by Crippen LogP contribution is -2.31. The Bertz CT molecular complexity index is 786. The topological polar surface area (TPSA) is 67.4 Å². The zero-order chi connectivity index (χ0) is 19.2. The van der Waals surface area contributed by atoms with Gasteiger partial charge >= 0.3 is 0 Å². The molecule has 0 saturated heterocycles. The van der Waals surface area contributed by atoms with Crippen molar-refractivity contribution in [2.75, 3.05) is 18.2 Å². The summed E-state index contributed by atoms with van der Waals surface area (Å²) in [6, 6.07) is 15.5. The van der Waals surface area contributed by atoms with E-state index < -0.39 is 0 Å². The minimum absolute atomic E-state index is 0.0265. The third-order valence-electron chi connectivity index (χ3n) is 4.43. The molecule has 0 spiro atoms. The predicted octanol–water partition coefficient (Wildman–Crippen LogP) is 4.01. The van der Waals surface area contributed by atoms with Gasteiger partial charge in [0.05, 0.1) is 18.9 Å². The number of ether oxygens (including phenoxy) is 1. The highest BCUT2D eigenvalue weighted by atomic mass is 32.2. The van der Waals surface area contributed by atoms with Gasteiger partial charge in [0, 0.05) is 17.5 Å². The summed E-state index contributed by atoms with van der Waals surface area (Å²) in [6.45, 7) is 1.48. The molecule has 1 aliphatic rings. The first-order valence-electron chi connectivity index (χ1n) is 8.99. The predicted molar refractivity (Wildman–Crippen MR) is 108 cm³/mol. The third kappa shape index (κ3) is 5.76. The van der Waals surface area contributed by atoms with Crippen molar-refractivity contribution in [2.24, 2.45) is 5.92 Å². The molecule has 0 radical (unpaired) electrons. The fraction of sp³-hybridized carbons (Fsp3) is 0.333. The Morgan fingerprint density at radius 3 is 2.33 bits per heavy atom. The van der Waals surface area contributed by atoms with Crippen LogP contribution in [0.1, 0.15) is 31.4 Å². The molecule has 6 heteroatoms. The van der Waals surface area contributed by atoms with Crippen LogP contribution in [0.2, 0.25) is 0 Å². The van der Waals surface area contributed by atoms with Crippen molar-refractivity contribution >= 4 is 29.3 Å². The number of thioether (sulfide) groups is 1. The molecule has 0 aliphatic heterocycles. The molecule has 27 heavy (non-hydrogen) atoms. The number of hydrogen-bond acceptors (Lipinski definition) is 4. The average Bonchev–Trinajstić information content (AvgIpc) is 3.50. The summed E-state index contributed by atoms with van der Waals surface area (Å²) in [5.41, 5.74) is 1.88. The van der Waals surface area contributed by atoms with Gasteiger partial charge in [0.1, 0.15) is 5.75 Å². The zero-order valence-electron chi connectivity index (χ0n) is 15.5. The second-order valence-corrected chi connectivity index (χ2v) is 7.70. The molecule has 1 unspecified atom stereocenters. The van der Waals surface area contributed by atoms with Crippen molar-refractivity contribution in [3.05, 3.63) is 54.1 Å². The normalized spacial score (nSPS) is 14.3. The van der Waals surface area contributed by atoms with E-state index in [-0.39, 0.29) is 17.9 Å². The molecule has 5 nitrogen and oxygen atoms in total. The van der Waals surface area contributed by atoms with Crippen molar-refractivity contribution in [3.8, 4) is 5.75 Å². The number of anilines is 1. The largest absolute Gasteiger partial charge is 0.497 e. The van der Waals surface area contributed by atoms with Crippen molar-refractivity contribution in [2.45, 2.75) is 30.7 Å². The van der Waals surface area contributed by atoms with Crippen LogP contribution in [0, 0.1) is 5.92 Å². The van der Waals surface area contributed by atoms with E-state index in [0.717, 1.165) is 34.7 Å². The number of methoxy groups -OCH3 is 1. The molecule has 2 N–H and O–H groups in total. The molecule has 0 bridgehead atoms. The number of hydrogen-bond donors (Lipinski definition) is 2. The van der Waals surface area contributed by atoms with Crippen molar-refractivity contribution in [3.63, 3.8) is 0 Å². The first-order chi connectivity index (χ1) is 13.0. The van der Waals surface area contributed by atoms with Crippen molar-refractivity contribution < 1.29 is 14.3 Å². The van der Waals surface area contributed by atoms with E-state index in [1.54, 1.807) is 7.11 Å². The van der Waals surface area contributed by atoms with Gasteiger partial charge in [-0.1, -0.05) is 12.1 Å². The second-order valence-electron chi connectivity index (χ2n) is 6.65. The van der Waals surface area contributed by atoms with Gasteiger partial charge in [-0.3, -0.25) is 9.59 Å². The van der Waals surface area contributed by atoms with Crippen LogP contribution < -0.4 is 15.4 Å². The third-order valence-corrected chi connectivity index (χ3v) is 5.44. The van der Waals surface area contributed by atoms with E-state index in [0.29, 0.717) is 11.7 Å². The Morgan fingerprint density at radius 1 is 1.11 bits per heavy atom. The Balaban J connectivity index is 1.54. The lowest BCUT2D eigenvalue weighted by Gasteiger charge is -2.19. The summed E-state index contributed by atoms with van der Waals surface area (Å²) >= 11 is 1.49. The Kier molecular flexibility index (Phi) is 6.40. The average molecular weight is 385 g/mol. The molecular weight excluding hydrogens is 360 g/mol. The summed E-state index contributed by atoms with van der Waals surface area (Å²) in [6.07, 6.45) is 2.30. The molecule has 0 heterocycles. The first kappa shape index (κ1) is 19.3. The van der Waals surface area contributed by atoms with Gasteiger partial charge in [-0.25, -0.2) is 0 Å². The molecule has 1 aliphatic carbocycles. The van der Waals surface area contributed by atoms with Crippen LogP contribution in [0.5, 0.6) is 5.75 Å². The second kappa shape index (κ2) is 8.95. The number of amides is 2. The van der Waals surface area contributed by atoms with E-state index in [2.05, 4.69) is 10.6 Å². The van der Waals surface area contributed by atoms with Crippen LogP contribution in [0.25, 0.3) is 0 Å². The number of benzene rings is 2. The van der Waals surface area contributed by atoms with Gasteiger partial charge in [-0.15, -0.1) is 11.8 Å². The SMILES string of the molecule is COc1ccc(C(NC(=O)CSc2ccc(NC(C)=O)cc2)C2CC2)cc1. The van der Waals surface area contributed by atoms with Gasteiger partial charge in [0.25, 0.3) is 0 Å². The molecule has 2 aromatic rings. The van der Waals surface area contributed by atoms with Crippen LogP contribution in [-0.2, 0) is 9.59 Å². The van der Waals surface area contributed by atoms with Gasteiger partial charge in [0.15, 0.2) is 0 Å². The van der Waals surface area contributed by atoms with Crippen LogP contribution in [0.3, 0.4) is 0 Å². The quantitative estimate of drug-likeness (QED) is 0.675. The molecular formula is C21H24N2O3S. The van der Waals surface area contributed by atoms with E-state index in [1.165, 1.54) is 18.7 Å². The highest BCUT2D eigenvalue weighted by molar-refractivity contribution is 8.00. The van der Waals surface area contributed by atoms with Crippen LogP contribution in [0.4, 0.5) is 5.69 Å². The molecule has 3 rings (SSSR count). The van der Waals surface area contributed by atoms with Gasteiger partial charge in [-0.05, 0) is 60.7 Å². The van der Waals surface area contributed by atoms with Gasteiger partial charge < -0.3 is 15.4 Å². The van der Waals surface area contributed by atoms with Crippen LogP contribution in [0.15, 0.2) is 53.4 Å². The standard InChI is InChI=1S/C21H24N2O3S/c1-14(24)22-17-7-11-19(12-8-17)27-13-20(25)23-21(15-3-4-15)16-5-9-18(26-2)10-6-16/h5-12,15,21H,3-4,13H2,1-2H3,(H,22,24)(H,23,25). The van der Waals surface area contributed by atoms with Gasteiger partial charge in [-0.2, -0.15) is 0 Å². The van der Waals surface area contributed by atoms with Crippen molar-refractivity contribution in [1.29, 1.82) is 0 Å². The molecule has 1 saturated carbocycles. The number of rotatable bonds is 8. The van der Waals surface area contributed by atoms with E-state index >= 15 is 0 Å². The smallest absolute Gasteiger partial charge is 0.230 e. The maximum Gasteiger partial charge on any atom is 0.230 e. The molecule has 1 fully saturated rings. The maximum atomic E-state index is 12.5.